The van der Waals surface area contributed by atoms with E-state index < -0.39 is 11.5 Å². The number of carbonyl (C=O) groups is 1. The van der Waals surface area contributed by atoms with Crippen LogP contribution in [0.3, 0.4) is 0 Å². The van der Waals surface area contributed by atoms with E-state index in [0.29, 0.717) is 17.7 Å². The van der Waals surface area contributed by atoms with E-state index in [0.717, 1.165) is 16.7 Å². The smallest absolute Gasteiger partial charge is 0.446 e. The summed E-state index contributed by atoms with van der Waals surface area (Å²) >= 11 is -0.153. The van der Waals surface area contributed by atoms with Crippen LogP contribution in [-0.2, 0) is 17.8 Å². The van der Waals surface area contributed by atoms with Gasteiger partial charge in [0.25, 0.3) is 0 Å². The van der Waals surface area contributed by atoms with Crippen molar-refractivity contribution in [2.45, 2.75) is 43.7 Å². The fourth-order valence-corrected chi connectivity index (χ4v) is 3.31. The minimum Gasteiger partial charge on any atom is -0.488 e. The Balaban J connectivity index is 2.14. The number of benzene rings is 2. The van der Waals surface area contributed by atoms with Gasteiger partial charge in [-0.2, -0.15) is 13.2 Å². The number of alkyl halides is 3. The third kappa shape index (κ3) is 5.98. The standard InChI is InChI=1S/C19H19F3O3S/c1-12-9-14(7-8-17(23)24)10-13(2)18(12)25-11-15-5-3-4-6-16(15)26-19(20,21)22/h3-6,9-10H,7-8,11H2,1-2H3,(H,23,24). The number of rotatable bonds is 7. The zero-order valence-corrected chi connectivity index (χ0v) is 15.2. The topological polar surface area (TPSA) is 46.5 Å². The molecule has 0 aromatic heterocycles. The molecule has 2 aromatic carbocycles. The Morgan fingerprint density at radius 2 is 1.77 bits per heavy atom. The second-order valence-electron chi connectivity index (χ2n) is 5.90. The second kappa shape index (κ2) is 8.49. The van der Waals surface area contributed by atoms with Gasteiger partial charge in [-0.25, -0.2) is 0 Å². The van der Waals surface area contributed by atoms with Gasteiger partial charge in [0.15, 0.2) is 0 Å². The van der Waals surface area contributed by atoms with Crippen molar-refractivity contribution in [3.05, 3.63) is 58.7 Å². The molecule has 140 valence electrons. The molecule has 0 saturated heterocycles. The predicted octanol–water partition coefficient (Wildman–Crippen LogP) is 5.51. The summed E-state index contributed by atoms with van der Waals surface area (Å²) in [5.41, 5.74) is -1.35. The molecule has 3 nitrogen and oxygen atoms in total. The van der Waals surface area contributed by atoms with Crippen LogP contribution in [-0.4, -0.2) is 16.6 Å². The van der Waals surface area contributed by atoms with Gasteiger partial charge < -0.3 is 9.84 Å². The first-order chi connectivity index (χ1) is 12.2. The molecule has 1 N–H and O–H groups in total. The minimum atomic E-state index is -4.35. The average molecular weight is 384 g/mol. The van der Waals surface area contributed by atoms with Crippen LogP contribution in [0.15, 0.2) is 41.3 Å². The Labute approximate surface area is 154 Å². The molecule has 0 aliphatic heterocycles. The van der Waals surface area contributed by atoms with Gasteiger partial charge in [0, 0.05) is 16.9 Å². The lowest BCUT2D eigenvalue weighted by atomic mass is 10.0. The SMILES string of the molecule is Cc1cc(CCC(=O)O)cc(C)c1OCc1ccccc1SC(F)(F)F. The number of hydrogen-bond donors (Lipinski definition) is 1. The molecule has 0 bridgehead atoms. The van der Waals surface area contributed by atoms with E-state index in [4.69, 9.17) is 9.84 Å². The molecular formula is C19H19F3O3S. The first kappa shape index (κ1) is 20.2. The molecule has 0 atom stereocenters. The summed E-state index contributed by atoms with van der Waals surface area (Å²) < 4.78 is 43.8. The molecule has 0 heterocycles. The average Bonchev–Trinajstić information content (AvgIpc) is 2.52. The quantitative estimate of drug-likeness (QED) is 0.639. The van der Waals surface area contributed by atoms with Crippen molar-refractivity contribution < 1.29 is 27.8 Å². The van der Waals surface area contributed by atoms with Crippen molar-refractivity contribution in [1.82, 2.24) is 0 Å². The van der Waals surface area contributed by atoms with Crippen LogP contribution < -0.4 is 4.74 Å². The van der Waals surface area contributed by atoms with Crippen LogP contribution in [0.2, 0.25) is 0 Å². The largest absolute Gasteiger partial charge is 0.488 e. The van der Waals surface area contributed by atoms with Gasteiger partial charge in [-0.15, -0.1) is 0 Å². The number of thioether (sulfide) groups is 1. The van der Waals surface area contributed by atoms with Gasteiger partial charge in [-0.05, 0) is 54.8 Å². The minimum absolute atomic E-state index is 0.0232. The fraction of sp³-hybridized carbons (Fsp3) is 0.316. The summed E-state index contributed by atoms with van der Waals surface area (Å²) in [6.07, 6.45) is 0.462. The normalized spacial score (nSPS) is 11.4. The maximum absolute atomic E-state index is 12.7. The molecule has 2 rings (SSSR count). The first-order valence-electron chi connectivity index (χ1n) is 7.94. The Bertz CT molecular complexity index is 765. The van der Waals surface area contributed by atoms with Crippen LogP contribution in [0.4, 0.5) is 13.2 Å². The van der Waals surface area contributed by atoms with Crippen LogP contribution in [0.1, 0.15) is 28.7 Å². The number of aliphatic carboxylic acids is 1. The molecule has 0 radical (unpaired) electrons. The van der Waals surface area contributed by atoms with E-state index in [9.17, 15) is 18.0 Å². The number of ether oxygens (including phenoxy) is 1. The van der Waals surface area contributed by atoms with Crippen molar-refractivity contribution in [2.24, 2.45) is 0 Å². The summed E-state index contributed by atoms with van der Waals surface area (Å²) in [5, 5.41) is 8.78. The Morgan fingerprint density at radius 3 is 2.35 bits per heavy atom. The van der Waals surface area contributed by atoms with Gasteiger partial charge in [0.2, 0.25) is 0 Å². The molecular weight excluding hydrogens is 365 g/mol. The molecule has 0 spiro atoms. The van der Waals surface area contributed by atoms with Crippen molar-refractivity contribution in [3.8, 4) is 5.75 Å². The van der Waals surface area contributed by atoms with E-state index >= 15 is 0 Å². The lowest BCUT2D eigenvalue weighted by molar-refractivity contribution is -0.136. The van der Waals surface area contributed by atoms with Crippen molar-refractivity contribution in [1.29, 1.82) is 0 Å². The predicted molar refractivity (Wildman–Crippen MR) is 94.6 cm³/mol. The molecule has 2 aromatic rings. The van der Waals surface area contributed by atoms with Gasteiger partial charge in [0.1, 0.15) is 12.4 Å². The molecule has 0 fully saturated rings. The van der Waals surface area contributed by atoms with Gasteiger partial charge in [0.05, 0.1) is 0 Å². The fourth-order valence-electron chi connectivity index (χ4n) is 2.66. The van der Waals surface area contributed by atoms with Gasteiger partial charge in [-0.1, -0.05) is 30.3 Å². The van der Waals surface area contributed by atoms with Crippen LogP contribution in [0, 0.1) is 13.8 Å². The highest BCUT2D eigenvalue weighted by Gasteiger charge is 2.30. The summed E-state index contributed by atoms with van der Waals surface area (Å²) in [6.45, 7) is 3.70. The monoisotopic (exact) mass is 384 g/mol. The lowest BCUT2D eigenvalue weighted by Gasteiger charge is -2.16. The van der Waals surface area contributed by atoms with E-state index in [1.165, 1.54) is 6.07 Å². The summed E-state index contributed by atoms with van der Waals surface area (Å²) in [4.78, 5) is 10.8. The number of carboxylic acids is 1. The number of carboxylic acid groups (broad SMARTS) is 1. The number of halogens is 3. The van der Waals surface area contributed by atoms with Crippen molar-refractivity contribution >= 4 is 17.7 Å². The third-order valence-electron chi connectivity index (χ3n) is 3.72. The highest BCUT2D eigenvalue weighted by atomic mass is 32.2. The highest BCUT2D eigenvalue weighted by Crippen LogP contribution is 2.39. The molecule has 0 saturated carbocycles. The second-order valence-corrected chi connectivity index (χ2v) is 7.00. The summed E-state index contributed by atoms with van der Waals surface area (Å²) in [7, 11) is 0. The highest BCUT2D eigenvalue weighted by molar-refractivity contribution is 8.00. The zero-order valence-electron chi connectivity index (χ0n) is 14.4. The zero-order chi connectivity index (χ0) is 19.3. The lowest BCUT2D eigenvalue weighted by Crippen LogP contribution is -2.05. The van der Waals surface area contributed by atoms with E-state index in [1.54, 1.807) is 18.2 Å². The van der Waals surface area contributed by atoms with Crippen LogP contribution in [0.25, 0.3) is 0 Å². The van der Waals surface area contributed by atoms with Crippen molar-refractivity contribution in [3.63, 3.8) is 0 Å². The Kier molecular flexibility index (Phi) is 6.58. The summed E-state index contributed by atoms with van der Waals surface area (Å²) in [6, 6.07) is 9.97. The third-order valence-corrected chi connectivity index (χ3v) is 4.57. The van der Waals surface area contributed by atoms with Crippen molar-refractivity contribution in [2.75, 3.05) is 0 Å². The van der Waals surface area contributed by atoms with Crippen LogP contribution >= 0.6 is 11.8 Å². The van der Waals surface area contributed by atoms with Gasteiger partial charge in [-0.3, -0.25) is 4.79 Å². The first-order valence-corrected chi connectivity index (χ1v) is 8.75. The maximum Gasteiger partial charge on any atom is 0.446 e. The molecule has 7 heteroatoms. The maximum atomic E-state index is 12.7. The van der Waals surface area contributed by atoms with Crippen LogP contribution in [0.5, 0.6) is 5.75 Å². The molecule has 0 amide bonds. The molecule has 0 aliphatic carbocycles. The van der Waals surface area contributed by atoms with E-state index in [2.05, 4.69) is 0 Å². The Morgan fingerprint density at radius 1 is 1.15 bits per heavy atom. The number of aryl methyl sites for hydroxylation is 3. The summed E-state index contributed by atoms with van der Waals surface area (Å²) in [5.74, 6) is -0.254. The Hall–Kier alpha value is -2.15. The molecule has 26 heavy (non-hydrogen) atoms. The number of hydrogen-bond acceptors (Lipinski definition) is 3. The molecule has 0 unspecified atom stereocenters. The van der Waals surface area contributed by atoms with E-state index in [1.807, 2.05) is 26.0 Å². The van der Waals surface area contributed by atoms with Gasteiger partial charge >= 0.3 is 11.5 Å². The molecule has 0 aliphatic rings. The van der Waals surface area contributed by atoms with E-state index in [-0.39, 0.29) is 29.7 Å².